The highest BCUT2D eigenvalue weighted by atomic mass is 35.5. The molecule has 0 radical (unpaired) electrons. The van der Waals surface area contributed by atoms with Crippen molar-refractivity contribution in [1.29, 1.82) is 0 Å². The van der Waals surface area contributed by atoms with Crippen molar-refractivity contribution in [3.8, 4) is 5.75 Å². The van der Waals surface area contributed by atoms with Crippen LogP contribution in [-0.2, 0) is 20.8 Å². The number of Topliss-reactive ketones (excluding diaryl/α,β-unsaturated/α-hetero) is 2. The molecule has 0 atom stereocenters. The van der Waals surface area contributed by atoms with E-state index in [0.717, 1.165) is 17.8 Å². The molecule has 1 aliphatic heterocycles. The van der Waals surface area contributed by atoms with Crippen molar-refractivity contribution in [2.24, 2.45) is 10.8 Å². The zero-order valence-electron chi connectivity index (χ0n) is 27.3. The molecule has 2 aliphatic carbocycles. The van der Waals surface area contributed by atoms with Gasteiger partial charge >= 0.3 is 0 Å². The molecule has 244 valence electrons. The highest BCUT2D eigenvalue weighted by Gasteiger charge is 2.49. The molecule has 0 unspecified atom stereocenters. The molecule has 8 heteroatoms. The van der Waals surface area contributed by atoms with E-state index in [1.807, 2.05) is 36.4 Å². The van der Waals surface area contributed by atoms with Crippen LogP contribution < -0.4 is 10.1 Å². The highest BCUT2D eigenvalue weighted by molar-refractivity contribution is 6.37. The van der Waals surface area contributed by atoms with E-state index in [4.69, 9.17) is 27.9 Å². The monoisotopic (exact) mass is 670 g/mol. The molecule has 3 aromatic rings. The Bertz CT molecular complexity index is 1720. The molecular weight excluding hydrogens is 631 g/mol. The van der Waals surface area contributed by atoms with Crippen LogP contribution in [0.2, 0.25) is 10.0 Å². The Kier molecular flexibility index (Phi) is 9.12. The molecule has 6 rings (SSSR count). The van der Waals surface area contributed by atoms with Gasteiger partial charge in [-0.05, 0) is 65.5 Å². The van der Waals surface area contributed by atoms with Crippen LogP contribution in [0.15, 0.2) is 95.3 Å². The summed E-state index contributed by atoms with van der Waals surface area (Å²) in [4.78, 5) is 43.2. The second kappa shape index (κ2) is 13.0. The molecule has 0 bridgehead atoms. The van der Waals surface area contributed by atoms with Crippen molar-refractivity contribution >= 4 is 46.4 Å². The molecule has 0 spiro atoms. The number of hydrogen-bond donors (Lipinski definition) is 1. The highest BCUT2D eigenvalue weighted by Crippen LogP contribution is 2.55. The Morgan fingerprint density at radius 2 is 1.32 bits per heavy atom. The van der Waals surface area contributed by atoms with Crippen molar-refractivity contribution < 1.29 is 19.1 Å². The van der Waals surface area contributed by atoms with E-state index >= 15 is 0 Å². The number of para-hydroxylation sites is 1. The second-order valence-electron chi connectivity index (χ2n) is 14.4. The van der Waals surface area contributed by atoms with Crippen LogP contribution >= 0.6 is 23.2 Å². The first-order valence-corrected chi connectivity index (χ1v) is 16.9. The lowest BCUT2D eigenvalue weighted by atomic mass is 9.63. The molecule has 0 aromatic heterocycles. The summed E-state index contributed by atoms with van der Waals surface area (Å²) in [5, 5.41) is 3.20. The minimum atomic E-state index is -0.592. The third-order valence-corrected chi connectivity index (χ3v) is 9.81. The van der Waals surface area contributed by atoms with Gasteiger partial charge in [-0.1, -0.05) is 99.4 Å². The molecule has 1 N–H and O–H groups in total. The minimum Gasteiger partial charge on any atom is -0.481 e. The van der Waals surface area contributed by atoms with Crippen LogP contribution in [-0.4, -0.2) is 35.5 Å². The Morgan fingerprint density at radius 1 is 0.809 bits per heavy atom. The summed E-state index contributed by atoms with van der Waals surface area (Å²) in [6.45, 7) is 8.90. The van der Waals surface area contributed by atoms with Crippen molar-refractivity contribution in [2.75, 3.05) is 18.5 Å². The number of nitrogens with zero attached hydrogens (tertiary/aromatic N) is 1. The SMILES string of the molecule is CC1(C)CC(=O)C2=C(C1)N(CCc1ccccc1)C1=C(C(=O)CC(C)(C)C1)C2c1cc(Cl)c(OCC(=O)Nc2ccccc2)c(Cl)c1. The summed E-state index contributed by atoms with van der Waals surface area (Å²) in [7, 11) is 0. The predicted molar refractivity (Wildman–Crippen MR) is 187 cm³/mol. The average Bonchev–Trinajstić information content (AvgIpc) is 2.99. The summed E-state index contributed by atoms with van der Waals surface area (Å²) in [5.74, 6) is -0.687. The first-order valence-electron chi connectivity index (χ1n) is 16.1. The number of nitrogens with one attached hydrogen (secondary N) is 1. The molecule has 0 saturated carbocycles. The number of carbonyl (C=O) groups excluding carboxylic acids is 3. The zero-order chi connectivity index (χ0) is 33.5. The standard InChI is InChI=1S/C39H40Cl2N2O4/c1-38(2)19-29-35(31(44)21-38)34(25-17-27(40)37(28(41)18-25)47-23-33(46)42-26-13-9-6-10-14-26)36-30(20-39(3,4)22-32(36)45)43(29)16-15-24-11-7-5-8-12-24/h5-14,17-18,34H,15-16,19-23H2,1-4H3,(H,42,46). The van der Waals surface area contributed by atoms with E-state index in [2.05, 4.69) is 50.0 Å². The lowest BCUT2D eigenvalue weighted by Gasteiger charge is -2.49. The van der Waals surface area contributed by atoms with Crippen molar-refractivity contribution in [3.63, 3.8) is 0 Å². The number of ketones is 2. The predicted octanol–water partition coefficient (Wildman–Crippen LogP) is 8.94. The van der Waals surface area contributed by atoms with Gasteiger partial charge in [0.25, 0.3) is 5.91 Å². The van der Waals surface area contributed by atoms with Gasteiger partial charge in [-0.25, -0.2) is 0 Å². The van der Waals surface area contributed by atoms with Gasteiger partial charge in [-0.15, -0.1) is 0 Å². The Balaban J connectivity index is 1.40. The third kappa shape index (κ3) is 7.05. The number of anilines is 1. The summed E-state index contributed by atoms with van der Waals surface area (Å²) < 4.78 is 5.80. The van der Waals surface area contributed by atoms with Gasteiger partial charge in [0.05, 0.1) is 10.0 Å². The van der Waals surface area contributed by atoms with Crippen LogP contribution in [0, 0.1) is 10.8 Å². The van der Waals surface area contributed by atoms with Gasteiger partial charge < -0.3 is 15.0 Å². The van der Waals surface area contributed by atoms with Gasteiger partial charge in [0.15, 0.2) is 23.9 Å². The van der Waals surface area contributed by atoms with Crippen molar-refractivity contribution in [3.05, 3.63) is 117 Å². The van der Waals surface area contributed by atoms with Crippen LogP contribution in [0.4, 0.5) is 5.69 Å². The van der Waals surface area contributed by atoms with E-state index in [0.29, 0.717) is 54.6 Å². The van der Waals surface area contributed by atoms with E-state index in [1.165, 1.54) is 5.56 Å². The quantitative estimate of drug-likeness (QED) is 0.259. The van der Waals surface area contributed by atoms with Crippen LogP contribution in [0.3, 0.4) is 0 Å². The van der Waals surface area contributed by atoms with Gasteiger partial charge in [0.1, 0.15) is 0 Å². The maximum Gasteiger partial charge on any atom is 0.262 e. The molecule has 6 nitrogen and oxygen atoms in total. The van der Waals surface area contributed by atoms with Gasteiger partial charge in [-0.2, -0.15) is 0 Å². The molecule has 0 fully saturated rings. The molecule has 3 aliphatic rings. The molecule has 47 heavy (non-hydrogen) atoms. The zero-order valence-corrected chi connectivity index (χ0v) is 28.8. The fraction of sp³-hybridized carbons (Fsp3) is 0.359. The number of ether oxygens (including phenoxy) is 1. The average molecular weight is 672 g/mol. The number of hydrogen-bond acceptors (Lipinski definition) is 5. The Labute approximate surface area is 286 Å². The summed E-state index contributed by atoms with van der Waals surface area (Å²) >= 11 is 13.6. The summed E-state index contributed by atoms with van der Waals surface area (Å²) in [5.41, 5.74) is 5.36. The largest absolute Gasteiger partial charge is 0.481 e. The van der Waals surface area contributed by atoms with Crippen LogP contribution in [0.25, 0.3) is 0 Å². The minimum absolute atomic E-state index is 0.0419. The second-order valence-corrected chi connectivity index (χ2v) is 15.3. The van der Waals surface area contributed by atoms with Gasteiger partial charge in [0, 0.05) is 53.5 Å². The fourth-order valence-corrected chi connectivity index (χ4v) is 7.89. The van der Waals surface area contributed by atoms with E-state index in [1.54, 1.807) is 24.3 Å². The van der Waals surface area contributed by atoms with Crippen molar-refractivity contribution in [1.82, 2.24) is 4.90 Å². The lowest BCUT2D eigenvalue weighted by Crippen LogP contribution is -2.45. The number of halogens is 2. The van der Waals surface area contributed by atoms with Gasteiger partial charge in [0.2, 0.25) is 0 Å². The number of allylic oxidation sites excluding steroid dienone is 4. The van der Waals surface area contributed by atoms with Crippen molar-refractivity contribution in [2.45, 2.75) is 65.7 Å². The number of rotatable bonds is 8. The number of carbonyl (C=O) groups is 3. The van der Waals surface area contributed by atoms with Crippen LogP contribution in [0.5, 0.6) is 5.75 Å². The number of amides is 1. The Morgan fingerprint density at radius 3 is 1.85 bits per heavy atom. The maximum atomic E-state index is 14.2. The number of benzene rings is 3. The molecule has 1 amide bonds. The molecule has 3 aromatic carbocycles. The van der Waals surface area contributed by atoms with Crippen LogP contribution in [0.1, 0.15) is 70.4 Å². The molecule has 0 saturated heterocycles. The lowest BCUT2D eigenvalue weighted by molar-refractivity contribution is -0.120. The van der Waals surface area contributed by atoms with E-state index in [-0.39, 0.29) is 50.7 Å². The van der Waals surface area contributed by atoms with E-state index < -0.39 is 5.92 Å². The normalized spacial score (nSPS) is 19.0. The van der Waals surface area contributed by atoms with Gasteiger partial charge in [-0.3, -0.25) is 14.4 Å². The first kappa shape index (κ1) is 33.0. The Hall–Kier alpha value is -3.87. The smallest absolute Gasteiger partial charge is 0.262 e. The molecular formula is C39H40Cl2N2O4. The summed E-state index contributed by atoms with van der Waals surface area (Å²) in [6.07, 6.45) is 2.98. The maximum absolute atomic E-state index is 14.2. The fourth-order valence-electron chi connectivity index (χ4n) is 7.28. The first-order chi connectivity index (χ1) is 22.3. The summed E-state index contributed by atoms with van der Waals surface area (Å²) in [6, 6.07) is 22.9. The third-order valence-electron chi connectivity index (χ3n) is 9.25. The molecule has 1 heterocycles. The topological polar surface area (TPSA) is 75.7 Å². The van der Waals surface area contributed by atoms with E-state index in [9.17, 15) is 14.4 Å².